The number of rotatable bonds is 5. The van der Waals surface area contributed by atoms with Crippen molar-refractivity contribution in [3.8, 4) is 0 Å². The largest absolute Gasteiger partial charge is 0.481 e. The Hall–Kier alpha value is -1.71. The molecule has 0 spiro atoms. The Morgan fingerprint density at radius 1 is 1.13 bits per heavy atom. The molecule has 1 N–H and O–H groups in total. The maximum absolute atomic E-state index is 12.5. The summed E-state index contributed by atoms with van der Waals surface area (Å²) in [6, 6.07) is 5.60. The van der Waals surface area contributed by atoms with Gasteiger partial charge >= 0.3 is 5.97 Å². The predicted molar refractivity (Wildman–Crippen MR) is 52.0 cm³/mol. The molecule has 0 fully saturated rings. The molecular weight excluding hydrogens is 199 g/mol. The minimum Gasteiger partial charge on any atom is -0.481 e. The highest BCUT2D eigenvalue weighted by Crippen LogP contribution is 2.05. The van der Waals surface area contributed by atoms with Gasteiger partial charge in [0.25, 0.3) is 0 Å². The van der Waals surface area contributed by atoms with E-state index in [1.807, 2.05) is 0 Å². The first kappa shape index (κ1) is 11.4. The molecule has 0 heterocycles. The fraction of sp³-hybridized carbons (Fsp3) is 0.273. The molecule has 0 aromatic heterocycles. The number of carboxylic acid groups (broad SMARTS) is 1. The molecule has 0 radical (unpaired) electrons. The van der Waals surface area contributed by atoms with Crippen molar-refractivity contribution < 1.29 is 19.1 Å². The average molecular weight is 210 g/mol. The molecule has 0 saturated heterocycles. The number of aliphatic carboxylic acids is 1. The Morgan fingerprint density at radius 3 is 2.27 bits per heavy atom. The maximum atomic E-state index is 12.5. The number of Topliss-reactive ketones (excluding diaryl/α,β-unsaturated/α-hetero) is 1. The molecule has 1 aromatic carbocycles. The van der Waals surface area contributed by atoms with Crippen molar-refractivity contribution in [2.45, 2.75) is 19.3 Å². The fourth-order valence-electron chi connectivity index (χ4n) is 1.16. The predicted octanol–water partition coefficient (Wildman–Crippen LogP) is 1.80. The highest BCUT2D eigenvalue weighted by atomic mass is 19.1. The van der Waals surface area contributed by atoms with E-state index >= 15 is 0 Å². The molecule has 0 aliphatic carbocycles. The SMILES string of the molecule is O=C(O)CCC(=O)Cc1ccc(F)cc1. The van der Waals surface area contributed by atoms with E-state index in [0.29, 0.717) is 5.56 Å². The van der Waals surface area contributed by atoms with Gasteiger partial charge < -0.3 is 5.11 Å². The summed E-state index contributed by atoms with van der Waals surface area (Å²) < 4.78 is 12.5. The lowest BCUT2D eigenvalue weighted by atomic mass is 10.1. The highest BCUT2D eigenvalue weighted by molar-refractivity contribution is 5.84. The van der Waals surface area contributed by atoms with Gasteiger partial charge in [-0.25, -0.2) is 4.39 Å². The highest BCUT2D eigenvalue weighted by Gasteiger charge is 2.06. The Bertz CT molecular complexity index is 357. The third-order valence-corrected chi connectivity index (χ3v) is 1.93. The smallest absolute Gasteiger partial charge is 0.303 e. The Labute approximate surface area is 86.5 Å². The van der Waals surface area contributed by atoms with E-state index in [1.165, 1.54) is 24.3 Å². The summed E-state index contributed by atoms with van der Waals surface area (Å²) in [5.41, 5.74) is 0.701. The number of carbonyl (C=O) groups is 2. The Balaban J connectivity index is 2.44. The second-order valence-corrected chi connectivity index (χ2v) is 3.24. The lowest BCUT2D eigenvalue weighted by molar-refractivity contribution is -0.138. The third kappa shape index (κ3) is 4.35. The van der Waals surface area contributed by atoms with Gasteiger partial charge in [-0.1, -0.05) is 12.1 Å². The molecule has 1 aromatic rings. The fourth-order valence-corrected chi connectivity index (χ4v) is 1.16. The van der Waals surface area contributed by atoms with Gasteiger partial charge in [0, 0.05) is 12.8 Å². The van der Waals surface area contributed by atoms with Gasteiger partial charge in [-0.2, -0.15) is 0 Å². The van der Waals surface area contributed by atoms with E-state index in [-0.39, 0.29) is 30.9 Å². The summed E-state index contributed by atoms with van der Waals surface area (Å²) in [5.74, 6) is -1.48. The molecule has 4 heteroatoms. The summed E-state index contributed by atoms with van der Waals surface area (Å²) >= 11 is 0. The second kappa shape index (κ2) is 5.24. The molecule has 80 valence electrons. The van der Waals surface area contributed by atoms with Crippen LogP contribution in [0.5, 0.6) is 0 Å². The van der Waals surface area contributed by atoms with Crippen LogP contribution in [0, 0.1) is 5.82 Å². The average Bonchev–Trinajstić information content (AvgIpc) is 2.19. The van der Waals surface area contributed by atoms with Crippen LogP contribution in [0.15, 0.2) is 24.3 Å². The number of hydrogen-bond acceptors (Lipinski definition) is 2. The lowest BCUT2D eigenvalue weighted by Gasteiger charge is -1.99. The number of carboxylic acids is 1. The third-order valence-electron chi connectivity index (χ3n) is 1.93. The van der Waals surface area contributed by atoms with Crippen LogP contribution in [-0.4, -0.2) is 16.9 Å². The van der Waals surface area contributed by atoms with E-state index in [2.05, 4.69) is 0 Å². The van der Waals surface area contributed by atoms with Crippen molar-refractivity contribution >= 4 is 11.8 Å². The molecule has 1 rings (SSSR count). The van der Waals surface area contributed by atoms with E-state index < -0.39 is 5.97 Å². The van der Waals surface area contributed by atoms with Gasteiger partial charge in [0.2, 0.25) is 0 Å². The van der Waals surface area contributed by atoms with E-state index in [9.17, 15) is 14.0 Å². The number of benzene rings is 1. The van der Waals surface area contributed by atoms with E-state index in [4.69, 9.17) is 5.11 Å². The van der Waals surface area contributed by atoms with Crippen molar-refractivity contribution in [2.24, 2.45) is 0 Å². The molecule has 0 amide bonds. The summed E-state index contributed by atoms with van der Waals surface area (Å²) in [4.78, 5) is 21.4. The first-order valence-corrected chi connectivity index (χ1v) is 4.56. The van der Waals surface area contributed by atoms with Crippen molar-refractivity contribution in [3.63, 3.8) is 0 Å². The van der Waals surface area contributed by atoms with Crippen molar-refractivity contribution in [1.82, 2.24) is 0 Å². The van der Waals surface area contributed by atoms with Gasteiger partial charge in [0.05, 0.1) is 6.42 Å². The van der Waals surface area contributed by atoms with Crippen LogP contribution in [0.3, 0.4) is 0 Å². The summed E-state index contributed by atoms with van der Waals surface area (Å²) in [6.45, 7) is 0. The molecular formula is C11H11FO3. The number of hydrogen-bond donors (Lipinski definition) is 1. The molecule has 15 heavy (non-hydrogen) atoms. The zero-order chi connectivity index (χ0) is 11.3. The summed E-state index contributed by atoms with van der Waals surface area (Å²) in [6.07, 6.45) is 0.0281. The van der Waals surface area contributed by atoms with Crippen LogP contribution in [0.4, 0.5) is 4.39 Å². The lowest BCUT2D eigenvalue weighted by Crippen LogP contribution is -2.06. The minimum absolute atomic E-state index is 0.0205. The summed E-state index contributed by atoms with van der Waals surface area (Å²) in [5, 5.41) is 8.36. The normalized spacial score (nSPS) is 9.93. The van der Waals surface area contributed by atoms with Gasteiger partial charge in [-0.3, -0.25) is 9.59 Å². The molecule has 0 aliphatic heterocycles. The van der Waals surface area contributed by atoms with Gasteiger partial charge in [-0.15, -0.1) is 0 Å². The summed E-state index contributed by atoms with van der Waals surface area (Å²) in [7, 11) is 0. The van der Waals surface area contributed by atoms with Crippen LogP contribution in [0.2, 0.25) is 0 Å². The molecule has 3 nitrogen and oxygen atoms in total. The van der Waals surface area contributed by atoms with Crippen molar-refractivity contribution in [3.05, 3.63) is 35.6 Å². The molecule has 0 unspecified atom stereocenters. The Morgan fingerprint density at radius 2 is 1.73 bits per heavy atom. The van der Waals surface area contributed by atoms with Crippen molar-refractivity contribution in [2.75, 3.05) is 0 Å². The molecule has 0 atom stereocenters. The van der Waals surface area contributed by atoms with Crippen LogP contribution < -0.4 is 0 Å². The first-order chi connectivity index (χ1) is 7.08. The minimum atomic E-state index is -0.984. The zero-order valence-corrected chi connectivity index (χ0v) is 8.07. The van der Waals surface area contributed by atoms with Crippen LogP contribution in [-0.2, 0) is 16.0 Å². The van der Waals surface area contributed by atoms with Crippen LogP contribution in [0.1, 0.15) is 18.4 Å². The van der Waals surface area contributed by atoms with Gasteiger partial charge in [-0.05, 0) is 17.7 Å². The maximum Gasteiger partial charge on any atom is 0.303 e. The molecule has 0 saturated carbocycles. The number of carbonyl (C=O) groups excluding carboxylic acids is 1. The molecule has 0 bridgehead atoms. The van der Waals surface area contributed by atoms with E-state index in [1.54, 1.807) is 0 Å². The number of ketones is 1. The number of halogens is 1. The Kier molecular flexibility index (Phi) is 3.97. The molecule has 0 aliphatic rings. The van der Waals surface area contributed by atoms with Crippen LogP contribution >= 0.6 is 0 Å². The first-order valence-electron chi connectivity index (χ1n) is 4.56. The monoisotopic (exact) mass is 210 g/mol. The zero-order valence-electron chi connectivity index (χ0n) is 8.07. The quantitative estimate of drug-likeness (QED) is 0.806. The standard InChI is InChI=1S/C11H11FO3/c12-9-3-1-8(2-4-9)7-10(13)5-6-11(14)15/h1-4H,5-7H2,(H,14,15). The van der Waals surface area contributed by atoms with Gasteiger partial charge in [0.15, 0.2) is 0 Å². The van der Waals surface area contributed by atoms with Crippen LogP contribution in [0.25, 0.3) is 0 Å². The van der Waals surface area contributed by atoms with Crippen molar-refractivity contribution in [1.29, 1.82) is 0 Å². The second-order valence-electron chi connectivity index (χ2n) is 3.24. The van der Waals surface area contributed by atoms with Gasteiger partial charge in [0.1, 0.15) is 11.6 Å². The topological polar surface area (TPSA) is 54.4 Å². The van der Waals surface area contributed by atoms with E-state index in [0.717, 1.165) is 0 Å².